The molecule has 0 amide bonds. The largest absolute Gasteiger partial charge is 0.378 e. The van der Waals surface area contributed by atoms with Crippen LogP contribution in [0, 0.1) is 17.2 Å². The lowest BCUT2D eigenvalue weighted by Crippen LogP contribution is -2.18. The highest BCUT2D eigenvalue weighted by Crippen LogP contribution is 2.32. The second kappa shape index (κ2) is 4.80. The highest BCUT2D eigenvalue weighted by molar-refractivity contribution is 8.20. The van der Waals surface area contributed by atoms with Crippen LogP contribution in [0.4, 0.5) is 0 Å². The lowest BCUT2D eigenvalue weighted by atomic mass is 10.2. The standard InChI is InChI=1S/C10H12N2OS/c1-8(2)6-12-10-9(5-11)3-4-14(10)7-13/h3-4,8,12H,6H2,1-2H3. The summed E-state index contributed by atoms with van der Waals surface area (Å²) in [7, 11) is -0.659. The van der Waals surface area contributed by atoms with Crippen LogP contribution < -0.4 is 5.32 Å². The molecule has 1 aliphatic heterocycles. The number of nitrogens with zero attached hydrogens (tertiary/aromatic N) is 1. The maximum atomic E-state index is 10.6. The molecule has 4 heteroatoms. The fourth-order valence-electron chi connectivity index (χ4n) is 1.03. The molecule has 0 saturated heterocycles. The molecule has 0 aromatic carbocycles. The van der Waals surface area contributed by atoms with Gasteiger partial charge in [-0.3, -0.25) is 0 Å². The molecule has 0 bridgehead atoms. The van der Waals surface area contributed by atoms with Crippen LogP contribution in [-0.2, 0) is 4.79 Å². The first-order valence-corrected chi connectivity index (χ1v) is 5.65. The zero-order valence-corrected chi connectivity index (χ0v) is 9.02. The third-order valence-electron chi connectivity index (χ3n) is 1.72. The van der Waals surface area contributed by atoms with E-state index >= 15 is 0 Å². The molecule has 1 N–H and O–H groups in total. The zero-order valence-electron chi connectivity index (χ0n) is 8.20. The number of allylic oxidation sites excluding steroid dienone is 2. The molecule has 14 heavy (non-hydrogen) atoms. The van der Waals surface area contributed by atoms with E-state index in [0.29, 0.717) is 11.5 Å². The van der Waals surface area contributed by atoms with E-state index in [1.54, 1.807) is 11.5 Å². The van der Waals surface area contributed by atoms with Gasteiger partial charge in [0.15, 0.2) is 5.23 Å². The number of rotatable bonds is 3. The molecule has 0 saturated carbocycles. The Kier molecular flexibility index (Phi) is 3.70. The van der Waals surface area contributed by atoms with Gasteiger partial charge in [-0.25, -0.2) is 4.79 Å². The third-order valence-corrected chi connectivity index (χ3v) is 3.11. The summed E-state index contributed by atoms with van der Waals surface area (Å²) in [6, 6.07) is 2.06. The predicted octanol–water partition coefficient (Wildman–Crippen LogP) is 1.83. The van der Waals surface area contributed by atoms with Gasteiger partial charge in [0.1, 0.15) is 6.07 Å². The fraction of sp³-hybridized carbons (Fsp3) is 0.400. The maximum absolute atomic E-state index is 10.6. The van der Waals surface area contributed by atoms with Crippen molar-refractivity contribution in [1.82, 2.24) is 5.32 Å². The Bertz CT molecular complexity index is 381. The van der Waals surface area contributed by atoms with Crippen LogP contribution in [0.15, 0.2) is 22.1 Å². The van der Waals surface area contributed by atoms with Crippen molar-refractivity contribution < 1.29 is 4.79 Å². The van der Waals surface area contributed by atoms with Gasteiger partial charge in [-0.1, -0.05) is 13.8 Å². The molecular weight excluding hydrogens is 196 g/mol. The van der Waals surface area contributed by atoms with E-state index in [9.17, 15) is 4.79 Å². The van der Waals surface area contributed by atoms with Crippen LogP contribution >= 0.6 is 10.5 Å². The SMILES string of the molecule is CC(C)CNC1=C(C#N)C=CS1=C=O. The minimum atomic E-state index is -0.659. The van der Waals surface area contributed by atoms with E-state index in [0.717, 1.165) is 11.6 Å². The average molecular weight is 208 g/mol. The summed E-state index contributed by atoms with van der Waals surface area (Å²) >= 11 is 0. The highest BCUT2D eigenvalue weighted by atomic mass is 32.2. The summed E-state index contributed by atoms with van der Waals surface area (Å²) in [5.41, 5.74) is 0.553. The highest BCUT2D eigenvalue weighted by Gasteiger charge is 2.13. The van der Waals surface area contributed by atoms with Gasteiger partial charge in [-0.2, -0.15) is 5.26 Å². The second-order valence-corrected chi connectivity index (χ2v) is 4.88. The van der Waals surface area contributed by atoms with E-state index in [2.05, 4.69) is 25.2 Å². The van der Waals surface area contributed by atoms with Gasteiger partial charge in [0.2, 0.25) is 0 Å². The van der Waals surface area contributed by atoms with Crippen LogP contribution in [0.2, 0.25) is 0 Å². The first kappa shape index (κ1) is 10.8. The molecule has 3 nitrogen and oxygen atoms in total. The normalized spacial score (nSPS) is 19.7. The first-order chi connectivity index (χ1) is 6.69. The van der Waals surface area contributed by atoms with E-state index in [-0.39, 0.29) is 0 Å². The van der Waals surface area contributed by atoms with Gasteiger partial charge in [-0.05, 0) is 27.9 Å². The summed E-state index contributed by atoms with van der Waals surface area (Å²) in [6.45, 7) is 4.92. The monoisotopic (exact) mass is 208 g/mol. The molecule has 0 aromatic rings. The van der Waals surface area contributed by atoms with Crippen molar-refractivity contribution in [3.8, 4) is 6.07 Å². The van der Waals surface area contributed by atoms with Crippen LogP contribution in [0.5, 0.6) is 0 Å². The molecule has 1 atom stereocenters. The predicted molar refractivity (Wildman–Crippen MR) is 57.9 cm³/mol. The summed E-state index contributed by atoms with van der Waals surface area (Å²) in [5, 5.41) is 16.3. The van der Waals surface area contributed by atoms with Crippen LogP contribution in [0.25, 0.3) is 0 Å². The van der Waals surface area contributed by atoms with E-state index in [4.69, 9.17) is 5.26 Å². The summed E-state index contributed by atoms with van der Waals surface area (Å²) in [6.07, 6.45) is 1.68. The lowest BCUT2D eigenvalue weighted by Gasteiger charge is -2.10. The fourth-order valence-corrected chi connectivity index (χ4v) is 2.16. The minimum absolute atomic E-state index is 0.486. The maximum Gasteiger partial charge on any atom is 0.166 e. The molecule has 0 spiro atoms. The Hall–Kier alpha value is -1.30. The van der Waals surface area contributed by atoms with E-state index < -0.39 is 10.5 Å². The van der Waals surface area contributed by atoms with Crippen molar-refractivity contribution in [2.75, 3.05) is 6.54 Å². The van der Waals surface area contributed by atoms with Crippen LogP contribution in [0.3, 0.4) is 0 Å². The number of nitrogens with one attached hydrogen (secondary N) is 1. The summed E-state index contributed by atoms with van der Waals surface area (Å²) < 4.78 is 0. The molecule has 1 rings (SSSR count). The second-order valence-electron chi connectivity index (χ2n) is 3.35. The van der Waals surface area contributed by atoms with Gasteiger partial charge >= 0.3 is 0 Å². The van der Waals surface area contributed by atoms with Crippen molar-refractivity contribution in [1.29, 1.82) is 5.26 Å². The average Bonchev–Trinajstić information content (AvgIpc) is 2.56. The number of carbonyl (C=O) groups excluding carboxylic acids is 1. The minimum Gasteiger partial charge on any atom is -0.378 e. The third kappa shape index (κ3) is 2.35. The van der Waals surface area contributed by atoms with Crippen molar-refractivity contribution in [2.24, 2.45) is 5.92 Å². The molecule has 0 fully saturated rings. The summed E-state index contributed by atoms with van der Waals surface area (Å²) in [5.74, 6) is 0.486. The Morgan fingerprint density at radius 1 is 1.64 bits per heavy atom. The number of hydrogen-bond acceptors (Lipinski definition) is 3. The van der Waals surface area contributed by atoms with Crippen LogP contribution in [0.1, 0.15) is 13.8 Å². The van der Waals surface area contributed by atoms with Gasteiger partial charge in [-0.15, -0.1) is 0 Å². The molecule has 0 aromatic heterocycles. The first-order valence-electron chi connectivity index (χ1n) is 4.36. The zero-order chi connectivity index (χ0) is 10.6. The molecular formula is C10H12N2OS. The topological polar surface area (TPSA) is 52.9 Å². The molecule has 0 aliphatic carbocycles. The summed E-state index contributed by atoms with van der Waals surface area (Å²) in [4.78, 5) is 10.6. The van der Waals surface area contributed by atoms with Crippen LogP contribution in [-0.4, -0.2) is 11.8 Å². The van der Waals surface area contributed by atoms with Gasteiger partial charge in [0, 0.05) is 6.54 Å². The smallest absolute Gasteiger partial charge is 0.166 e. The van der Waals surface area contributed by atoms with Crippen molar-refractivity contribution in [2.45, 2.75) is 13.8 Å². The Morgan fingerprint density at radius 2 is 2.36 bits per heavy atom. The Labute approximate surface area is 86.0 Å². The van der Waals surface area contributed by atoms with Crippen molar-refractivity contribution in [3.63, 3.8) is 0 Å². The quantitative estimate of drug-likeness (QED) is 0.720. The molecule has 74 valence electrons. The lowest BCUT2D eigenvalue weighted by molar-refractivity contribution is 0.571. The van der Waals surface area contributed by atoms with Gasteiger partial charge in [0.05, 0.1) is 10.6 Å². The van der Waals surface area contributed by atoms with Gasteiger partial charge in [0.25, 0.3) is 0 Å². The Balaban J connectivity index is 2.84. The number of nitriles is 1. The molecule has 1 aliphatic rings. The van der Waals surface area contributed by atoms with E-state index in [1.807, 2.05) is 5.23 Å². The van der Waals surface area contributed by atoms with Crippen molar-refractivity contribution >= 4 is 15.7 Å². The molecule has 0 radical (unpaired) electrons. The number of hydrogen-bond donors (Lipinski definition) is 1. The Morgan fingerprint density at radius 3 is 2.86 bits per heavy atom. The van der Waals surface area contributed by atoms with Crippen molar-refractivity contribution in [3.05, 3.63) is 22.1 Å². The van der Waals surface area contributed by atoms with E-state index in [1.165, 1.54) is 0 Å². The molecule has 1 heterocycles. The molecule has 1 unspecified atom stereocenters. The van der Waals surface area contributed by atoms with Gasteiger partial charge < -0.3 is 5.32 Å².